The Balaban J connectivity index is 1.78. The Morgan fingerprint density at radius 3 is 2.62 bits per heavy atom. The summed E-state index contributed by atoms with van der Waals surface area (Å²) in [4.78, 5) is 12.7. The molecule has 1 N–H and O–H groups in total. The second-order valence-electron chi connectivity index (χ2n) is 6.16. The number of hydrogen-bond acceptors (Lipinski definition) is 2. The fraction of sp³-hybridized carbons (Fsp3) is 0.174. The fourth-order valence-electron chi connectivity index (χ4n) is 2.89. The predicted octanol–water partition coefficient (Wildman–Crippen LogP) is 5.04. The minimum absolute atomic E-state index is 0.0101. The van der Waals surface area contributed by atoms with E-state index < -0.39 is 11.7 Å². The van der Waals surface area contributed by atoms with Crippen LogP contribution in [-0.2, 0) is 6.18 Å². The largest absolute Gasteiger partial charge is 0.493 e. The molecule has 0 aliphatic rings. The van der Waals surface area contributed by atoms with E-state index in [-0.39, 0.29) is 18.0 Å². The number of carbonyl (C=O) groups is 1. The zero-order chi connectivity index (χ0) is 20.9. The van der Waals surface area contributed by atoms with E-state index in [0.717, 1.165) is 22.9 Å². The Bertz CT molecular complexity index is 1090. The first kappa shape index (κ1) is 20.3. The number of benzene rings is 3. The number of fused-ring (bicyclic) bond motifs is 1. The molecule has 0 atom stereocenters. The second kappa shape index (κ2) is 8.70. The van der Waals surface area contributed by atoms with E-state index in [9.17, 15) is 18.0 Å². The average molecular weight is 397 g/mol. The van der Waals surface area contributed by atoms with Gasteiger partial charge in [0.2, 0.25) is 0 Å². The summed E-state index contributed by atoms with van der Waals surface area (Å²) in [7, 11) is 0. The summed E-state index contributed by atoms with van der Waals surface area (Å²) < 4.78 is 43.9. The number of nitrogens with one attached hydrogen (secondary N) is 1. The van der Waals surface area contributed by atoms with Crippen LogP contribution in [0.2, 0.25) is 0 Å². The fourth-order valence-corrected chi connectivity index (χ4v) is 2.89. The van der Waals surface area contributed by atoms with Crippen LogP contribution in [0.3, 0.4) is 0 Å². The molecular weight excluding hydrogens is 379 g/mol. The topological polar surface area (TPSA) is 38.3 Å². The average Bonchev–Trinajstić information content (AvgIpc) is 2.70. The first-order valence-corrected chi connectivity index (χ1v) is 8.99. The number of halogens is 3. The van der Waals surface area contributed by atoms with Crippen molar-refractivity contribution in [1.29, 1.82) is 0 Å². The molecule has 0 radical (unpaired) electrons. The molecule has 6 heteroatoms. The predicted molar refractivity (Wildman–Crippen MR) is 106 cm³/mol. The van der Waals surface area contributed by atoms with E-state index in [4.69, 9.17) is 4.74 Å². The molecule has 3 rings (SSSR count). The third-order valence-corrected chi connectivity index (χ3v) is 4.18. The quantitative estimate of drug-likeness (QED) is 0.627. The Morgan fingerprint density at radius 2 is 1.86 bits per heavy atom. The Hall–Kier alpha value is -3.46. The number of rotatable bonds is 4. The van der Waals surface area contributed by atoms with E-state index in [1.807, 2.05) is 37.3 Å². The van der Waals surface area contributed by atoms with Crippen molar-refractivity contribution in [1.82, 2.24) is 5.32 Å². The molecule has 148 valence electrons. The second-order valence-corrected chi connectivity index (χ2v) is 6.16. The van der Waals surface area contributed by atoms with Crippen LogP contribution in [0.1, 0.15) is 28.4 Å². The minimum atomic E-state index is -4.42. The van der Waals surface area contributed by atoms with Gasteiger partial charge in [0.05, 0.1) is 24.3 Å². The van der Waals surface area contributed by atoms with Gasteiger partial charge in [0, 0.05) is 5.56 Å². The van der Waals surface area contributed by atoms with Crippen molar-refractivity contribution in [2.75, 3.05) is 13.2 Å². The van der Waals surface area contributed by atoms with Gasteiger partial charge in [-0.2, -0.15) is 13.2 Å². The third-order valence-electron chi connectivity index (χ3n) is 4.18. The third kappa shape index (κ3) is 4.88. The van der Waals surface area contributed by atoms with Crippen molar-refractivity contribution >= 4 is 16.7 Å². The Labute approximate surface area is 166 Å². The molecule has 0 aliphatic carbocycles. The Morgan fingerprint density at radius 1 is 1.07 bits per heavy atom. The molecule has 0 fully saturated rings. The highest BCUT2D eigenvalue weighted by atomic mass is 19.4. The molecule has 0 unspecified atom stereocenters. The lowest BCUT2D eigenvalue weighted by atomic mass is 10.0. The summed E-state index contributed by atoms with van der Waals surface area (Å²) in [5.41, 5.74) is -0.120. The summed E-state index contributed by atoms with van der Waals surface area (Å²) in [5.74, 6) is 5.44. The first-order chi connectivity index (χ1) is 13.9. The highest BCUT2D eigenvalue weighted by molar-refractivity contribution is 6.09. The van der Waals surface area contributed by atoms with E-state index >= 15 is 0 Å². The number of carbonyl (C=O) groups excluding carboxylic acids is 1. The number of amides is 1. The highest BCUT2D eigenvalue weighted by Gasteiger charge is 2.30. The van der Waals surface area contributed by atoms with Gasteiger partial charge in [-0.15, -0.1) is 0 Å². The number of hydrogen-bond donors (Lipinski definition) is 1. The standard InChI is InChI=1S/C23H18F3NO2/c1-2-29-20-13-12-17-9-3-4-11-19(17)21(20)22(28)27-14-6-8-16-7-5-10-18(15-16)23(24,25)26/h3-5,7,9-13,15H,2,14H2,1H3,(H,27,28). The van der Waals surface area contributed by atoms with Gasteiger partial charge in [-0.3, -0.25) is 4.79 Å². The molecule has 0 heterocycles. The van der Waals surface area contributed by atoms with Crippen molar-refractivity contribution in [3.63, 3.8) is 0 Å². The van der Waals surface area contributed by atoms with Crippen molar-refractivity contribution in [2.45, 2.75) is 13.1 Å². The molecule has 0 spiro atoms. The summed E-state index contributed by atoms with van der Waals surface area (Å²) in [5, 5.41) is 4.34. The van der Waals surface area contributed by atoms with E-state index in [0.29, 0.717) is 17.9 Å². The lowest BCUT2D eigenvalue weighted by Gasteiger charge is -2.12. The maximum Gasteiger partial charge on any atom is 0.416 e. The molecule has 1 amide bonds. The van der Waals surface area contributed by atoms with Crippen LogP contribution >= 0.6 is 0 Å². The van der Waals surface area contributed by atoms with E-state index in [1.165, 1.54) is 12.1 Å². The first-order valence-electron chi connectivity index (χ1n) is 8.99. The zero-order valence-electron chi connectivity index (χ0n) is 15.6. The smallest absolute Gasteiger partial charge is 0.416 e. The van der Waals surface area contributed by atoms with Gasteiger partial charge >= 0.3 is 6.18 Å². The molecule has 0 bridgehead atoms. The summed E-state index contributed by atoms with van der Waals surface area (Å²) in [6.07, 6.45) is -4.42. The lowest BCUT2D eigenvalue weighted by molar-refractivity contribution is -0.137. The van der Waals surface area contributed by atoms with Crippen molar-refractivity contribution in [3.8, 4) is 17.6 Å². The van der Waals surface area contributed by atoms with Crippen LogP contribution in [0.25, 0.3) is 10.8 Å². The molecule has 29 heavy (non-hydrogen) atoms. The van der Waals surface area contributed by atoms with Crippen LogP contribution in [0.4, 0.5) is 13.2 Å². The molecule has 0 saturated heterocycles. The number of alkyl halides is 3. The van der Waals surface area contributed by atoms with Gasteiger partial charge in [0.25, 0.3) is 5.91 Å². The molecule has 3 aromatic carbocycles. The molecule has 3 nitrogen and oxygen atoms in total. The molecule has 3 aromatic rings. The van der Waals surface area contributed by atoms with Gasteiger partial charge < -0.3 is 10.1 Å². The number of ether oxygens (including phenoxy) is 1. The van der Waals surface area contributed by atoms with Gasteiger partial charge in [-0.05, 0) is 42.0 Å². The molecule has 0 saturated carbocycles. The molecule has 0 aliphatic heterocycles. The van der Waals surface area contributed by atoms with Gasteiger partial charge in [-0.1, -0.05) is 48.2 Å². The van der Waals surface area contributed by atoms with Crippen LogP contribution in [0.5, 0.6) is 5.75 Å². The van der Waals surface area contributed by atoms with Crippen LogP contribution in [0, 0.1) is 11.8 Å². The Kier molecular flexibility index (Phi) is 6.08. The lowest BCUT2D eigenvalue weighted by Crippen LogP contribution is -2.24. The SMILES string of the molecule is CCOc1ccc2ccccc2c1C(=O)NCC#Cc1cccc(C(F)(F)F)c1. The van der Waals surface area contributed by atoms with Crippen molar-refractivity contribution in [3.05, 3.63) is 77.4 Å². The van der Waals surface area contributed by atoms with Crippen LogP contribution in [0.15, 0.2) is 60.7 Å². The highest BCUT2D eigenvalue weighted by Crippen LogP contribution is 2.29. The van der Waals surface area contributed by atoms with Gasteiger partial charge in [0.1, 0.15) is 5.75 Å². The van der Waals surface area contributed by atoms with Gasteiger partial charge in [0.15, 0.2) is 0 Å². The summed E-state index contributed by atoms with van der Waals surface area (Å²) >= 11 is 0. The minimum Gasteiger partial charge on any atom is -0.493 e. The zero-order valence-corrected chi connectivity index (χ0v) is 15.6. The maximum atomic E-state index is 12.8. The van der Waals surface area contributed by atoms with Crippen LogP contribution in [-0.4, -0.2) is 19.1 Å². The summed E-state index contributed by atoms with van der Waals surface area (Å²) in [6.45, 7) is 2.23. The van der Waals surface area contributed by atoms with E-state index in [1.54, 1.807) is 6.07 Å². The maximum absolute atomic E-state index is 12.8. The van der Waals surface area contributed by atoms with Crippen molar-refractivity contribution in [2.24, 2.45) is 0 Å². The van der Waals surface area contributed by atoms with E-state index in [2.05, 4.69) is 17.2 Å². The monoisotopic (exact) mass is 397 g/mol. The van der Waals surface area contributed by atoms with Crippen LogP contribution < -0.4 is 10.1 Å². The van der Waals surface area contributed by atoms with Crippen molar-refractivity contribution < 1.29 is 22.7 Å². The molecular formula is C23H18F3NO2. The summed E-state index contributed by atoms with van der Waals surface area (Å²) in [6, 6.07) is 15.8. The molecule has 0 aromatic heterocycles. The van der Waals surface area contributed by atoms with Gasteiger partial charge in [-0.25, -0.2) is 0 Å². The normalized spacial score (nSPS) is 10.9.